The van der Waals surface area contributed by atoms with Gasteiger partial charge in [-0.25, -0.2) is 0 Å². The molecule has 3 aromatic rings. The first-order valence-electron chi connectivity index (χ1n) is 8.43. The Hall–Kier alpha value is -3.16. The molecule has 0 saturated carbocycles. The predicted molar refractivity (Wildman–Crippen MR) is 93.0 cm³/mol. The van der Waals surface area contributed by atoms with E-state index in [0.29, 0.717) is 29.4 Å². The van der Waals surface area contributed by atoms with Crippen LogP contribution in [0.3, 0.4) is 0 Å². The van der Waals surface area contributed by atoms with Gasteiger partial charge in [-0.2, -0.15) is 13.2 Å². The zero-order valence-corrected chi connectivity index (χ0v) is 14.4. The monoisotopic (exact) mass is 372 g/mol. The molecular weight excluding hydrogens is 357 g/mol. The van der Waals surface area contributed by atoms with Crippen LogP contribution >= 0.6 is 0 Å². The lowest BCUT2D eigenvalue weighted by Gasteiger charge is -2.24. The normalized spacial score (nSPS) is 13.9. The standard InChI is InChI=1S/C19H15F3N4O/c1-2-16-23-24-17-11-18(27)25(13-6-4-3-5-7-13)15-10-12(19(20,21)22)8-9-14(15)26(16)17/h3-10H,2,11H2,1H3. The molecule has 0 bridgehead atoms. The van der Waals surface area contributed by atoms with Crippen molar-refractivity contribution in [1.82, 2.24) is 14.8 Å². The average Bonchev–Trinajstić information content (AvgIpc) is 2.99. The number of amides is 1. The van der Waals surface area contributed by atoms with Gasteiger partial charge < -0.3 is 0 Å². The number of fused-ring (bicyclic) bond motifs is 3. The van der Waals surface area contributed by atoms with Crippen molar-refractivity contribution in [3.8, 4) is 5.69 Å². The molecule has 2 heterocycles. The molecule has 0 saturated heterocycles. The number of benzene rings is 2. The number of anilines is 2. The fourth-order valence-corrected chi connectivity index (χ4v) is 3.25. The summed E-state index contributed by atoms with van der Waals surface area (Å²) >= 11 is 0. The van der Waals surface area contributed by atoms with Crippen LogP contribution in [-0.4, -0.2) is 20.7 Å². The minimum absolute atomic E-state index is 0.0576. The lowest BCUT2D eigenvalue weighted by Crippen LogP contribution is -2.27. The Balaban J connectivity index is 2.02. The first kappa shape index (κ1) is 17.3. The minimum atomic E-state index is -4.52. The SMILES string of the molecule is CCc1nnc2n1-c1ccc(C(F)(F)F)cc1N(c1ccccc1)C(=O)C2. The van der Waals surface area contributed by atoms with E-state index >= 15 is 0 Å². The third kappa shape index (κ3) is 2.87. The van der Waals surface area contributed by atoms with Gasteiger partial charge in [-0.05, 0) is 30.3 Å². The summed E-state index contributed by atoms with van der Waals surface area (Å²) in [5, 5.41) is 8.16. The van der Waals surface area contributed by atoms with E-state index in [4.69, 9.17) is 0 Å². The van der Waals surface area contributed by atoms with Crippen molar-refractivity contribution in [2.24, 2.45) is 0 Å². The van der Waals surface area contributed by atoms with Gasteiger partial charge in [0.15, 0.2) is 0 Å². The summed E-state index contributed by atoms with van der Waals surface area (Å²) in [7, 11) is 0. The molecule has 5 nitrogen and oxygen atoms in total. The highest BCUT2D eigenvalue weighted by atomic mass is 19.4. The largest absolute Gasteiger partial charge is 0.416 e. The Kier molecular flexibility index (Phi) is 3.98. The molecule has 0 unspecified atom stereocenters. The van der Waals surface area contributed by atoms with Gasteiger partial charge in [-0.3, -0.25) is 14.3 Å². The van der Waals surface area contributed by atoms with Gasteiger partial charge in [0, 0.05) is 12.1 Å². The Bertz CT molecular complexity index is 1010. The fourth-order valence-electron chi connectivity index (χ4n) is 3.25. The van der Waals surface area contributed by atoms with E-state index in [1.54, 1.807) is 34.9 Å². The number of aromatic nitrogens is 3. The third-order valence-corrected chi connectivity index (χ3v) is 4.47. The van der Waals surface area contributed by atoms with Crippen LogP contribution in [0, 0.1) is 0 Å². The molecule has 1 aromatic heterocycles. The molecule has 0 spiro atoms. The second-order valence-electron chi connectivity index (χ2n) is 6.16. The number of nitrogens with zero attached hydrogens (tertiary/aromatic N) is 4. The van der Waals surface area contributed by atoms with Crippen molar-refractivity contribution in [2.45, 2.75) is 25.9 Å². The van der Waals surface area contributed by atoms with E-state index in [9.17, 15) is 18.0 Å². The van der Waals surface area contributed by atoms with Crippen LogP contribution in [0.15, 0.2) is 48.5 Å². The number of hydrogen-bond donors (Lipinski definition) is 0. The Labute approximate surface area is 153 Å². The number of halogens is 3. The van der Waals surface area contributed by atoms with Gasteiger partial charge in [0.25, 0.3) is 0 Å². The molecule has 1 aliphatic rings. The van der Waals surface area contributed by atoms with Gasteiger partial charge in [0.2, 0.25) is 5.91 Å². The van der Waals surface area contributed by atoms with Gasteiger partial charge in [0.1, 0.15) is 11.6 Å². The lowest BCUT2D eigenvalue weighted by molar-refractivity contribution is -0.137. The molecule has 4 rings (SSSR count). The van der Waals surface area contributed by atoms with Crippen molar-refractivity contribution < 1.29 is 18.0 Å². The first-order chi connectivity index (χ1) is 12.9. The van der Waals surface area contributed by atoms with E-state index in [1.165, 1.54) is 11.0 Å². The maximum Gasteiger partial charge on any atom is 0.416 e. The molecule has 0 radical (unpaired) electrons. The molecule has 27 heavy (non-hydrogen) atoms. The average molecular weight is 372 g/mol. The number of carbonyl (C=O) groups excluding carboxylic acids is 1. The summed E-state index contributed by atoms with van der Waals surface area (Å²) < 4.78 is 41.7. The smallest absolute Gasteiger partial charge is 0.280 e. The van der Waals surface area contributed by atoms with Crippen LogP contribution in [0.2, 0.25) is 0 Å². The number of para-hydroxylation sites is 1. The topological polar surface area (TPSA) is 51.0 Å². The highest BCUT2D eigenvalue weighted by Gasteiger charge is 2.35. The summed E-state index contributed by atoms with van der Waals surface area (Å²) in [4.78, 5) is 14.3. The summed E-state index contributed by atoms with van der Waals surface area (Å²) in [6.45, 7) is 1.88. The molecule has 0 fully saturated rings. The third-order valence-electron chi connectivity index (χ3n) is 4.47. The minimum Gasteiger partial charge on any atom is -0.280 e. The molecule has 8 heteroatoms. The fraction of sp³-hybridized carbons (Fsp3) is 0.211. The number of aryl methyl sites for hydroxylation is 1. The highest BCUT2D eigenvalue weighted by molar-refractivity contribution is 6.04. The van der Waals surface area contributed by atoms with E-state index < -0.39 is 11.7 Å². The van der Waals surface area contributed by atoms with Crippen molar-refractivity contribution in [1.29, 1.82) is 0 Å². The first-order valence-corrected chi connectivity index (χ1v) is 8.43. The molecular formula is C19H15F3N4O. The van der Waals surface area contributed by atoms with Crippen LogP contribution in [0.1, 0.15) is 24.1 Å². The van der Waals surface area contributed by atoms with E-state index in [0.717, 1.165) is 12.1 Å². The Morgan fingerprint density at radius 3 is 2.44 bits per heavy atom. The maximum absolute atomic E-state index is 13.3. The quantitative estimate of drug-likeness (QED) is 0.681. The Morgan fingerprint density at radius 1 is 1.04 bits per heavy atom. The molecule has 0 atom stereocenters. The van der Waals surface area contributed by atoms with Gasteiger partial charge >= 0.3 is 6.18 Å². The predicted octanol–water partition coefficient (Wildman–Crippen LogP) is 4.07. The second kappa shape index (κ2) is 6.22. The molecule has 0 aliphatic carbocycles. The lowest BCUT2D eigenvalue weighted by atomic mass is 10.1. The summed E-state index contributed by atoms with van der Waals surface area (Å²) in [6, 6.07) is 12.0. The number of alkyl halides is 3. The van der Waals surface area contributed by atoms with Gasteiger partial charge in [-0.1, -0.05) is 25.1 Å². The highest BCUT2D eigenvalue weighted by Crippen LogP contribution is 2.39. The summed E-state index contributed by atoms with van der Waals surface area (Å²) in [6.07, 6.45) is -4.04. The summed E-state index contributed by atoms with van der Waals surface area (Å²) in [5.74, 6) is 0.639. The molecule has 2 aromatic carbocycles. The summed E-state index contributed by atoms with van der Waals surface area (Å²) in [5.41, 5.74) is 0.299. The second-order valence-corrected chi connectivity index (χ2v) is 6.16. The maximum atomic E-state index is 13.3. The van der Waals surface area contributed by atoms with Crippen molar-refractivity contribution in [2.75, 3.05) is 4.90 Å². The van der Waals surface area contributed by atoms with Crippen LogP contribution < -0.4 is 4.90 Å². The number of rotatable bonds is 2. The number of carbonyl (C=O) groups is 1. The zero-order valence-electron chi connectivity index (χ0n) is 14.4. The van der Waals surface area contributed by atoms with E-state index in [2.05, 4.69) is 10.2 Å². The molecule has 0 N–H and O–H groups in total. The van der Waals surface area contributed by atoms with Gasteiger partial charge in [-0.15, -0.1) is 10.2 Å². The van der Waals surface area contributed by atoms with Crippen LogP contribution in [0.4, 0.5) is 24.5 Å². The van der Waals surface area contributed by atoms with Crippen molar-refractivity contribution in [3.63, 3.8) is 0 Å². The molecule has 1 aliphatic heterocycles. The number of hydrogen-bond acceptors (Lipinski definition) is 3. The van der Waals surface area contributed by atoms with Crippen molar-refractivity contribution >= 4 is 17.3 Å². The van der Waals surface area contributed by atoms with Gasteiger partial charge in [0.05, 0.1) is 23.4 Å². The van der Waals surface area contributed by atoms with Crippen molar-refractivity contribution in [3.05, 3.63) is 65.7 Å². The van der Waals surface area contributed by atoms with Crippen LogP contribution in [0.5, 0.6) is 0 Å². The van der Waals surface area contributed by atoms with E-state index in [-0.39, 0.29) is 18.0 Å². The molecule has 138 valence electrons. The Morgan fingerprint density at radius 2 is 1.78 bits per heavy atom. The van der Waals surface area contributed by atoms with Crippen LogP contribution in [-0.2, 0) is 23.8 Å². The van der Waals surface area contributed by atoms with E-state index in [1.807, 2.05) is 6.92 Å². The molecule has 1 amide bonds. The van der Waals surface area contributed by atoms with Crippen LogP contribution in [0.25, 0.3) is 5.69 Å². The zero-order chi connectivity index (χ0) is 19.2.